The van der Waals surface area contributed by atoms with Crippen LogP contribution in [0.5, 0.6) is 0 Å². The molecule has 0 amide bonds. The summed E-state index contributed by atoms with van der Waals surface area (Å²) in [6.07, 6.45) is 1.49. The Morgan fingerprint density at radius 1 is 1.31 bits per heavy atom. The number of nitrogens with two attached hydrogens (primary N) is 1. The molecule has 1 aliphatic rings. The van der Waals surface area contributed by atoms with Gasteiger partial charge >= 0.3 is 0 Å². The van der Waals surface area contributed by atoms with Crippen LogP contribution in [0.25, 0.3) is 0 Å². The van der Waals surface area contributed by atoms with E-state index in [-0.39, 0.29) is 11.0 Å². The van der Waals surface area contributed by atoms with Crippen LogP contribution in [0.15, 0.2) is 0 Å². The summed E-state index contributed by atoms with van der Waals surface area (Å²) in [5.41, 5.74) is 6.18. The highest BCUT2D eigenvalue weighted by Crippen LogP contribution is 2.31. The molecule has 1 saturated heterocycles. The molecule has 0 spiro atoms. The fourth-order valence-corrected chi connectivity index (χ4v) is 2.24. The quantitative estimate of drug-likeness (QED) is 0.798. The molecule has 2 unspecified atom stereocenters. The first-order valence-electron chi connectivity index (χ1n) is 6.26. The van der Waals surface area contributed by atoms with Gasteiger partial charge in [-0.25, -0.2) is 0 Å². The predicted molar refractivity (Wildman–Crippen MR) is 68.5 cm³/mol. The number of hydrogen-bond acceptors (Lipinski definition) is 3. The molecule has 0 aromatic rings. The Morgan fingerprint density at radius 3 is 2.25 bits per heavy atom. The summed E-state index contributed by atoms with van der Waals surface area (Å²) in [5.74, 6) is 0. The third-order valence-corrected chi connectivity index (χ3v) is 4.29. The van der Waals surface area contributed by atoms with E-state index in [1.165, 1.54) is 0 Å². The van der Waals surface area contributed by atoms with E-state index in [0.717, 1.165) is 19.6 Å². The Hall–Kier alpha value is -0.120. The van der Waals surface area contributed by atoms with Crippen molar-refractivity contribution in [3.05, 3.63) is 0 Å². The monoisotopic (exact) mass is 228 g/mol. The number of rotatable bonds is 4. The highest BCUT2D eigenvalue weighted by atomic mass is 16.5. The number of nitrogens with zero attached hydrogens (tertiary/aromatic N) is 1. The summed E-state index contributed by atoms with van der Waals surface area (Å²) in [7, 11) is 2.18. The van der Waals surface area contributed by atoms with Crippen molar-refractivity contribution in [2.75, 3.05) is 20.2 Å². The van der Waals surface area contributed by atoms with Gasteiger partial charge in [-0.3, -0.25) is 0 Å². The number of ether oxygens (including phenoxy) is 1. The van der Waals surface area contributed by atoms with Crippen LogP contribution in [-0.2, 0) is 4.74 Å². The van der Waals surface area contributed by atoms with Crippen LogP contribution in [0, 0.1) is 5.41 Å². The van der Waals surface area contributed by atoms with Crippen molar-refractivity contribution in [3.8, 4) is 0 Å². The zero-order valence-corrected chi connectivity index (χ0v) is 11.7. The molecule has 0 aromatic carbocycles. The second-order valence-electron chi connectivity index (χ2n) is 6.45. The summed E-state index contributed by atoms with van der Waals surface area (Å²) in [5, 5.41) is 0. The van der Waals surface area contributed by atoms with Crippen LogP contribution < -0.4 is 5.73 Å². The molecule has 1 fully saturated rings. The van der Waals surface area contributed by atoms with Crippen LogP contribution >= 0.6 is 0 Å². The summed E-state index contributed by atoms with van der Waals surface area (Å²) >= 11 is 0. The van der Waals surface area contributed by atoms with Crippen LogP contribution in [0.4, 0.5) is 0 Å². The predicted octanol–water partition coefficient (Wildman–Crippen LogP) is 1.86. The van der Waals surface area contributed by atoms with E-state index in [2.05, 4.69) is 46.6 Å². The molecular formula is C13H28N2O. The average molecular weight is 228 g/mol. The molecule has 1 heterocycles. The van der Waals surface area contributed by atoms with Crippen molar-refractivity contribution in [1.29, 1.82) is 0 Å². The first-order valence-corrected chi connectivity index (χ1v) is 6.26. The lowest BCUT2D eigenvalue weighted by molar-refractivity contribution is 0.0541. The molecule has 0 aliphatic carbocycles. The van der Waals surface area contributed by atoms with E-state index in [9.17, 15) is 0 Å². The largest absolute Gasteiger partial charge is 0.377 e. The van der Waals surface area contributed by atoms with E-state index in [1.54, 1.807) is 0 Å². The van der Waals surface area contributed by atoms with Gasteiger partial charge in [-0.2, -0.15) is 0 Å². The third-order valence-electron chi connectivity index (χ3n) is 4.29. The van der Waals surface area contributed by atoms with Crippen LogP contribution in [0.1, 0.15) is 41.0 Å². The first kappa shape index (κ1) is 13.9. The minimum absolute atomic E-state index is 0.101. The Balaban J connectivity index is 2.60. The molecular weight excluding hydrogens is 200 g/mol. The normalized spacial score (nSPS) is 27.8. The molecule has 2 N–H and O–H groups in total. The van der Waals surface area contributed by atoms with Gasteiger partial charge in [0.2, 0.25) is 0 Å². The summed E-state index contributed by atoms with van der Waals surface area (Å²) in [4.78, 5) is 2.41. The SMILES string of the molecule is CC1OCCC1N(C)CC(C)(C)C(C)(C)N. The summed E-state index contributed by atoms with van der Waals surface area (Å²) in [6, 6.07) is 0.543. The average Bonchev–Trinajstić information content (AvgIpc) is 2.48. The van der Waals surface area contributed by atoms with E-state index in [1.807, 2.05) is 0 Å². The van der Waals surface area contributed by atoms with Crippen molar-refractivity contribution in [2.45, 2.75) is 58.7 Å². The van der Waals surface area contributed by atoms with Gasteiger partial charge in [0.05, 0.1) is 6.10 Å². The molecule has 16 heavy (non-hydrogen) atoms. The minimum atomic E-state index is -0.163. The van der Waals surface area contributed by atoms with Crippen LogP contribution in [0.2, 0.25) is 0 Å². The highest BCUT2D eigenvalue weighted by Gasteiger charge is 2.37. The number of likely N-dealkylation sites (N-methyl/N-ethyl adjacent to an activating group) is 1. The lowest BCUT2D eigenvalue weighted by Crippen LogP contribution is -2.54. The molecule has 1 aliphatic heterocycles. The van der Waals surface area contributed by atoms with Crippen molar-refractivity contribution >= 4 is 0 Å². The van der Waals surface area contributed by atoms with E-state index in [0.29, 0.717) is 12.1 Å². The second-order valence-corrected chi connectivity index (χ2v) is 6.45. The fraction of sp³-hybridized carbons (Fsp3) is 1.00. The van der Waals surface area contributed by atoms with Gasteiger partial charge in [0.1, 0.15) is 0 Å². The summed E-state index contributed by atoms with van der Waals surface area (Å²) < 4.78 is 5.61. The Morgan fingerprint density at radius 2 is 1.88 bits per heavy atom. The van der Waals surface area contributed by atoms with Gasteiger partial charge in [-0.1, -0.05) is 13.8 Å². The molecule has 1 rings (SSSR count). The molecule has 3 heteroatoms. The third kappa shape index (κ3) is 2.96. The topological polar surface area (TPSA) is 38.5 Å². The number of hydrogen-bond donors (Lipinski definition) is 1. The highest BCUT2D eigenvalue weighted by molar-refractivity contribution is 4.94. The van der Waals surface area contributed by atoms with E-state index >= 15 is 0 Å². The smallest absolute Gasteiger partial charge is 0.0702 e. The second kappa shape index (κ2) is 4.63. The van der Waals surface area contributed by atoms with Crippen LogP contribution in [0.3, 0.4) is 0 Å². The molecule has 0 bridgehead atoms. The van der Waals surface area contributed by atoms with Gasteiger partial charge in [-0.05, 0) is 39.7 Å². The van der Waals surface area contributed by atoms with Gasteiger partial charge in [0.25, 0.3) is 0 Å². The minimum Gasteiger partial charge on any atom is -0.377 e. The lowest BCUT2D eigenvalue weighted by atomic mass is 9.74. The maximum atomic E-state index is 6.24. The van der Waals surface area contributed by atoms with Crippen molar-refractivity contribution < 1.29 is 4.74 Å². The molecule has 0 saturated carbocycles. The maximum absolute atomic E-state index is 6.24. The van der Waals surface area contributed by atoms with E-state index < -0.39 is 0 Å². The fourth-order valence-electron chi connectivity index (χ4n) is 2.24. The van der Waals surface area contributed by atoms with Gasteiger partial charge in [0.15, 0.2) is 0 Å². The molecule has 3 nitrogen and oxygen atoms in total. The van der Waals surface area contributed by atoms with Crippen molar-refractivity contribution in [3.63, 3.8) is 0 Å². The Labute approximate surface area is 100 Å². The van der Waals surface area contributed by atoms with Gasteiger partial charge in [0, 0.05) is 24.7 Å². The van der Waals surface area contributed by atoms with Crippen LogP contribution in [-0.4, -0.2) is 42.8 Å². The van der Waals surface area contributed by atoms with Crippen molar-refractivity contribution in [1.82, 2.24) is 4.90 Å². The molecule has 0 radical (unpaired) electrons. The zero-order valence-electron chi connectivity index (χ0n) is 11.7. The summed E-state index contributed by atoms with van der Waals surface area (Å²) in [6.45, 7) is 12.8. The first-order chi connectivity index (χ1) is 7.15. The Bertz CT molecular complexity index is 233. The Kier molecular flexibility index (Phi) is 4.04. The van der Waals surface area contributed by atoms with Crippen molar-refractivity contribution in [2.24, 2.45) is 11.1 Å². The van der Waals surface area contributed by atoms with Gasteiger partial charge in [-0.15, -0.1) is 0 Å². The van der Waals surface area contributed by atoms with E-state index in [4.69, 9.17) is 10.5 Å². The lowest BCUT2D eigenvalue weighted by Gasteiger charge is -2.43. The zero-order chi connectivity index (χ0) is 12.6. The molecule has 0 aromatic heterocycles. The van der Waals surface area contributed by atoms with Gasteiger partial charge < -0.3 is 15.4 Å². The maximum Gasteiger partial charge on any atom is 0.0702 e. The molecule has 96 valence electrons. The standard InChI is InChI=1S/C13H28N2O/c1-10-11(7-8-16-10)15(6)9-12(2,3)13(4,5)14/h10-11H,7-9,14H2,1-6H3. The molecule has 2 atom stereocenters.